The molecule has 0 aromatic heterocycles. The molecule has 0 fully saturated rings. The Morgan fingerprint density at radius 3 is 2.29 bits per heavy atom. The molecule has 1 aromatic rings. The molecule has 0 radical (unpaired) electrons. The van der Waals surface area contributed by atoms with Gasteiger partial charge in [0.1, 0.15) is 5.82 Å². The molecule has 0 aliphatic heterocycles. The van der Waals surface area contributed by atoms with E-state index in [4.69, 9.17) is 0 Å². The van der Waals surface area contributed by atoms with Gasteiger partial charge in [0.05, 0.1) is 12.7 Å². The van der Waals surface area contributed by atoms with Crippen LogP contribution in [0.3, 0.4) is 0 Å². The standard InChI is InChI=1S/C9H7F3O2/c1-4(13)7-5(10)3-6(11)8(12)9(7)14-2/h3H,1-2H3. The first-order valence-corrected chi connectivity index (χ1v) is 3.71. The average molecular weight is 204 g/mol. The van der Waals surface area contributed by atoms with Crippen LogP contribution in [-0.2, 0) is 0 Å². The highest BCUT2D eigenvalue weighted by molar-refractivity contribution is 5.97. The van der Waals surface area contributed by atoms with Gasteiger partial charge >= 0.3 is 0 Å². The van der Waals surface area contributed by atoms with E-state index < -0.39 is 34.5 Å². The van der Waals surface area contributed by atoms with Crippen LogP contribution in [0.1, 0.15) is 17.3 Å². The number of ketones is 1. The molecule has 0 aliphatic carbocycles. The third kappa shape index (κ3) is 1.57. The van der Waals surface area contributed by atoms with Crippen molar-refractivity contribution in [3.05, 3.63) is 29.1 Å². The van der Waals surface area contributed by atoms with E-state index in [1.807, 2.05) is 0 Å². The van der Waals surface area contributed by atoms with Crippen molar-refractivity contribution in [1.29, 1.82) is 0 Å². The van der Waals surface area contributed by atoms with Gasteiger partial charge in [-0.25, -0.2) is 8.78 Å². The lowest BCUT2D eigenvalue weighted by Crippen LogP contribution is -2.05. The molecule has 0 unspecified atom stereocenters. The van der Waals surface area contributed by atoms with Gasteiger partial charge in [-0.3, -0.25) is 4.79 Å². The molecule has 1 aromatic carbocycles. The second kappa shape index (κ2) is 3.69. The highest BCUT2D eigenvalue weighted by Crippen LogP contribution is 2.27. The van der Waals surface area contributed by atoms with E-state index in [1.54, 1.807) is 0 Å². The Balaban J connectivity index is 3.55. The van der Waals surface area contributed by atoms with Crippen LogP contribution in [0.4, 0.5) is 13.2 Å². The van der Waals surface area contributed by atoms with Gasteiger partial charge in [-0.1, -0.05) is 0 Å². The molecule has 0 heterocycles. The molecule has 0 amide bonds. The van der Waals surface area contributed by atoms with Crippen LogP contribution in [0, 0.1) is 17.5 Å². The second-order valence-electron chi connectivity index (χ2n) is 2.62. The highest BCUT2D eigenvalue weighted by atomic mass is 19.2. The zero-order chi connectivity index (χ0) is 10.9. The molecule has 1 rings (SSSR count). The Bertz CT molecular complexity index is 388. The fourth-order valence-corrected chi connectivity index (χ4v) is 1.09. The Hall–Kier alpha value is -1.52. The van der Waals surface area contributed by atoms with Crippen molar-refractivity contribution in [2.45, 2.75) is 6.92 Å². The number of ether oxygens (including phenoxy) is 1. The normalized spacial score (nSPS) is 10.1. The lowest BCUT2D eigenvalue weighted by atomic mass is 10.1. The summed E-state index contributed by atoms with van der Waals surface area (Å²) in [5.74, 6) is -5.30. The molecule has 0 atom stereocenters. The number of rotatable bonds is 2. The van der Waals surface area contributed by atoms with E-state index in [2.05, 4.69) is 4.74 Å². The largest absolute Gasteiger partial charge is 0.493 e. The van der Waals surface area contributed by atoms with Crippen molar-refractivity contribution in [2.75, 3.05) is 7.11 Å². The van der Waals surface area contributed by atoms with Gasteiger partial charge in [0.15, 0.2) is 17.3 Å². The zero-order valence-corrected chi connectivity index (χ0v) is 7.53. The van der Waals surface area contributed by atoms with Gasteiger partial charge < -0.3 is 4.74 Å². The van der Waals surface area contributed by atoms with Crippen LogP contribution in [0.25, 0.3) is 0 Å². The van der Waals surface area contributed by atoms with Gasteiger partial charge in [0.25, 0.3) is 0 Å². The Morgan fingerprint density at radius 2 is 1.86 bits per heavy atom. The molecule has 0 bridgehead atoms. The minimum absolute atomic E-state index is 0.314. The molecule has 2 nitrogen and oxygen atoms in total. The molecule has 0 saturated carbocycles. The Labute approximate surface area is 78.3 Å². The molecule has 76 valence electrons. The van der Waals surface area contributed by atoms with Gasteiger partial charge in [0.2, 0.25) is 5.82 Å². The fourth-order valence-electron chi connectivity index (χ4n) is 1.09. The first kappa shape index (κ1) is 10.6. The van der Waals surface area contributed by atoms with Crippen molar-refractivity contribution >= 4 is 5.78 Å². The van der Waals surface area contributed by atoms with Crippen LogP contribution in [0.2, 0.25) is 0 Å². The smallest absolute Gasteiger partial charge is 0.201 e. The van der Waals surface area contributed by atoms with E-state index in [9.17, 15) is 18.0 Å². The maximum atomic E-state index is 13.0. The van der Waals surface area contributed by atoms with Crippen molar-refractivity contribution in [3.63, 3.8) is 0 Å². The Morgan fingerprint density at radius 1 is 1.29 bits per heavy atom. The van der Waals surface area contributed by atoms with Gasteiger partial charge in [-0.05, 0) is 6.92 Å². The van der Waals surface area contributed by atoms with E-state index in [0.29, 0.717) is 6.07 Å². The monoisotopic (exact) mass is 204 g/mol. The summed E-state index contributed by atoms with van der Waals surface area (Å²) in [6, 6.07) is 0.314. The minimum atomic E-state index is -1.38. The van der Waals surface area contributed by atoms with Gasteiger partial charge in [-0.15, -0.1) is 0 Å². The third-order valence-corrected chi connectivity index (χ3v) is 1.68. The average Bonchev–Trinajstić information content (AvgIpc) is 2.09. The van der Waals surface area contributed by atoms with Crippen molar-refractivity contribution in [1.82, 2.24) is 0 Å². The first-order valence-electron chi connectivity index (χ1n) is 3.71. The van der Waals surface area contributed by atoms with Crippen LogP contribution in [-0.4, -0.2) is 12.9 Å². The number of hydrogen-bond acceptors (Lipinski definition) is 2. The molecule has 0 aliphatic rings. The summed E-state index contributed by atoms with van der Waals surface area (Å²) < 4.78 is 43.1. The first-order chi connectivity index (χ1) is 6.49. The Kier molecular flexibility index (Phi) is 2.78. The van der Waals surface area contributed by atoms with E-state index in [-0.39, 0.29) is 0 Å². The molecule has 0 saturated heterocycles. The van der Waals surface area contributed by atoms with E-state index in [1.165, 1.54) is 0 Å². The summed E-state index contributed by atoms with van der Waals surface area (Å²) in [7, 11) is 1.03. The minimum Gasteiger partial charge on any atom is -0.493 e. The lowest BCUT2D eigenvalue weighted by molar-refractivity contribution is 0.100. The predicted octanol–water partition coefficient (Wildman–Crippen LogP) is 2.32. The fraction of sp³-hybridized carbons (Fsp3) is 0.222. The number of methoxy groups -OCH3 is 1. The summed E-state index contributed by atoms with van der Waals surface area (Å²) in [5.41, 5.74) is -0.577. The van der Waals surface area contributed by atoms with Gasteiger partial charge in [-0.2, -0.15) is 4.39 Å². The van der Waals surface area contributed by atoms with Crippen molar-refractivity contribution in [2.24, 2.45) is 0 Å². The number of carbonyl (C=O) groups is 1. The van der Waals surface area contributed by atoms with E-state index in [0.717, 1.165) is 14.0 Å². The second-order valence-corrected chi connectivity index (χ2v) is 2.62. The molecule has 14 heavy (non-hydrogen) atoms. The summed E-state index contributed by atoms with van der Waals surface area (Å²) >= 11 is 0. The quantitative estimate of drug-likeness (QED) is 0.545. The number of Topliss-reactive ketones (excluding diaryl/α,β-unsaturated/α-hetero) is 1. The number of halogens is 3. The van der Waals surface area contributed by atoms with Crippen molar-refractivity contribution < 1.29 is 22.7 Å². The predicted molar refractivity (Wildman–Crippen MR) is 42.9 cm³/mol. The summed E-state index contributed by atoms with van der Waals surface area (Å²) in [6.07, 6.45) is 0. The summed E-state index contributed by atoms with van der Waals surface area (Å²) in [6.45, 7) is 1.04. The summed E-state index contributed by atoms with van der Waals surface area (Å²) in [5, 5.41) is 0. The third-order valence-electron chi connectivity index (χ3n) is 1.68. The maximum absolute atomic E-state index is 13.0. The molecule has 5 heteroatoms. The number of benzene rings is 1. The summed E-state index contributed by atoms with van der Waals surface area (Å²) in [4.78, 5) is 10.9. The van der Waals surface area contributed by atoms with Crippen molar-refractivity contribution in [3.8, 4) is 5.75 Å². The van der Waals surface area contributed by atoms with Crippen LogP contribution in [0.15, 0.2) is 6.07 Å². The van der Waals surface area contributed by atoms with Gasteiger partial charge in [0, 0.05) is 6.07 Å². The molecule has 0 spiro atoms. The van der Waals surface area contributed by atoms with Crippen LogP contribution >= 0.6 is 0 Å². The molecule has 0 N–H and O–H groups in total. The zero-order valence-electron chi connectivity index (χ0n) is 7.53. The SMILES string of the molecule is COc1c(F)c(F)cc(F)c1C(C)=O. The topological polar surface area (TPSA) is 26.3 Å². The highest BCUT2D eigenvalue weighted by Gasteiger charge is 2.22. The van der Waals surface area contributed by atoms with E-state index >= 15 is 0 Å². The maximum Gasteiger partial charge on any atom is 0.201 e. The number of carbonyl (C=O) groups excluding carboxylic acids is 1. The molecular formula is C9H7F3O2. The molecular weight excluding hydrogens is 197 g/mol. The number of hydrogen-bond donors (Lipinski definition) is 0. The lowest BCUT2D eigenvalue weighted by Gasteiger charge is -2.08. The van der Waals surface area contributed by atoms with Crippen LogP contribution in [0.5, 0.6) is 5.75 Å². The van der Waals surface area contributed by atoms with Crippen LogP contribution < -0.4 is 4.74 Å².